The number of halogens is 2. The minimum absolute atomic E-state index is 0.229. The Hall–Kier alpha value is -0.0600. The average molecular weight is 264 g/mol. The van der Waals surface area contributed by atoms with E-state index in [0.717, 1.165) is 10.2 Å². The molecule has 0 fully saturated rings. The van der Waals surface area contributed by atoms with Gasteiger partial charge in [0.25, 0.3) is 0 Å². The third kappa shape index (κ3) is 2.97. The third-order valence-electron chi connectivity index (χ3n) is 1.70. The predicted molar refractivity (Wildman–Crippen MR) is 59.4 cm³/mol. The minimum Gasteiger partial charge on any atom is -0.323 e. The Morgan fingerprint density at radius 2 is 2.31 bits per heavy atom. The van der Waals surface area contributed by atoms with Crippen LogP contribution in [-0.2, 0) is 0 Å². The molecular formula is C9H11BrFNS. The van der Waals surface area contributed by atoms with Crippen LogP contribution in [0.25, 0.3) is 0 Å². The van der Waals surface area contributed by atoms with Crippen molar-refractivity contribution in [2.24, 2.45) is 5.73 Å². The summed E-state index contributed by atoms with van der Waals surface area (Å²) >= 11 is 4.90. The lowest BCUT2D eigenvalue weighted by atomic mass is 10.1. The molecular weight excluding hydrogens is 253 g/mol. The van der Waals surface area contributed by atoms with Gasteiger partial charge in [0.1, 0.15) is 5.82 Å². The van der Waals surface area contributed by atoms with Gasteiger partial charge < -0.3 is 5.73 Å². The fraction of sp³-hybridized carbons (Fsp3) is 0.333. The molecule has 13 heavy (non-hydrogen) atoms. The van der Waals surface area contributed by atoms with Gasteiger partial charge in [-0.05, 0) is 24.5 Å². The van der Waals surface area contributed by atoms with E-state index in [0.29, 0.717) is 5.56 Å². The molecule has 0 aliphatic carbocycles. The van der Waals surface area contributed by atoms with Crippen molar-refractivity contribution < 1.29 is 4.39 Å². The quantitative estimate of drug-likeness (QED) is 0.908. The van der Waals surface area contributed by atoms with E-state index in [9.17, 15) is 4.39 Å². The fourth-order valence-electron chi connectivity index (χ4n) is 1.07. The molecule has 0 saturated heterocycles. The maximum atomic E-state index is 13.2. The highest BCUT2D eigenvalue weighted by Gasteiger charge is 2.10. The minimum atomic E-state index is -0.232. The summed E-state index contributed by atoms with van der Waals surface area (Å²) in [5, 5.41) is 0. The van der Waals surface area contributed by atoms with E-state index < -0.39 is 0 Å². The Balaban J connectivity index is 2.91. The first kappa shape index (κ1) is 11.0. The largest absolute Gasteiger partial charge is 0.323 e. The van der Waals surface area contributed by atoms with Gasteiger partial charge in [-0.25, -0.2) is 4.39 Å². The number of hydrogen-bond acceptors (Lipinski definition) is 2. The van der Waals surface area contributed by atoms with Crippen molar-refractivity contribution in [1.29, 1.82) is 0 Å². The zero-order chi connectivity index (χ0) is 9.84. The van der Waals surface area contributed by atoms with E-state index in [1.165, 1.54) is 6.07 Å². The first-order valence-electron chi connectivity index (χ1n) is 3.84. The van der Waals surface area contributed by atoms with Crippen LogP contribution in [-0.4, -0.2) is 12.0 Å². The van der Waals surface area contributed by atoms with Crippen molar-refractivity contribution >= 4 is 27.7 Å². The summed E-state index contributed by atoms with van der Waals surface area (Å²) in [5.74, 6) is 0.498. The molecule has 0 bridgehead atoms. The van der Waals surface area contributed by atoms with E-state index in [1.807, 2.05) is 6.26 Å². The second-order valence-corrected chi connectivity index (χ2v) is 4.55. The number of nitrogens with two attached hydrogens (primary N) is 1. The first-order chi connectivity index (χ1) is 6.15. The van der Waals surface area contributed by atoms with Crippen molar-refractivity contribution in [3.63, 3.8) is 0 Å². The summed E-state index contributed by atoms with van der Waals surface area (Å²) in [6.45, 7) is 0. The van der Waals surface area contributed by atoms with Crippen LogP contribution in [0.2, 0.25) is 0 Å². The van der Waals surface area contributed by atoms with Crippen molar-refractivity contribution in [3.05, 3.63) is 34.1 Å². The zero-order valence-electron chi connectivity index (χ0n) is 7.26. The van der Waals surface area contributed by atoms with Gasteiger partial charge in [-0.15, -0.1) is 0 Å². The van der Waals surface area contributed by atoms with E-state index in [4.69, 9.17) is 5.73 Å². The predicted octanol–water partition coefficient (Wildman–Crippen LogP) is 2.95. The first-order valence-corrected chi connectivity index (χ1v) is 6.03. The van der Waals surface area contributed by atoms with E-state index in [-0.39, 0.29) is 11.9 Å². The third-order valence-corrected chi connectivity index (χ3v) is 2.89. The molecule has 0 radical (unpaired) electrons. The molecule has 1 unspecified atom stereocenters. The number of rotatable bonds is 3. The molecule has 4 heteroatoms. The highest BCUT2D eigenvalue weighted by atomic mass is 79.9. The van der Waals surface area contributed by atoms with Gasteiger partial charge in [-0.1, -0.05) is 15.9 Å². The lowest BCUT2D eigenvalue weighted by Gasteiger charge is -2.11. The molecule has 2 N–H and O–H groups in total. The number of benzene rings is 1. The van der Waals surface area contributed by atoms with Crippen LogP contribution in [0.3, 0.4) is 0 Å². The van der Waals surface area contributed by atoms with Crippen LogP contribution in [0, 0.1) is 5.82 Å². The second kappa shape index (κ2) is 4.98. The highest BCUT2D eigenvalue weighted by molar-refractivity contribution is 9.10. The summed E-state index contributed by atoms with van der Waals surface area (Å²) in [6, 6.07) is 4.60. The maximum absolute atomic E-state index is 13.2. The van der Waals surface area contributed by atoms with E-state index in [2.05, 4.69) is 15.9 Å². The van der Waals surface area contributed by atoms with Gasteiger partial charge in [-0.2, -0.15) is 11.8 Å². The van der Waals surface area contributed by atoms with Gasteiger partial charge in [0.2, 0.25) is 0 Å². The van der Waals surface area contributed by atoms with Crippen molar-refractivity contribution in [3.8, 4) is 0 Å². The van der Waals surface area contributed by atoms with Crippen molar-refractivity contribution in [1.82, 2.24) is 0 Å². The molecule has 1 rings (SSSR count). The summed E-state index contributed by atoms with van der Waals surface area (Å²) in [6.07, 6.45) is 1.95. The Morgan fingerprint density at radius 1 is 1.62 bits per heavy atom. The molecule has 0 aliphatic rings. The van der Waals surface area contributed by atoms with Gasteiger partial charge >= 0.3 is 0 Å². The van der Waals surface area contributed by atoms with Crippen molar-refractivity contribution in [2.45, 2.75) is 6.04 Å². The Morgan fingerprint density at radius 3 is 2.92 bits per heavy atom. The maximum Gasteiger partial charge on any atom is 0.128 e. The van der Waals surface area contributed by atoms with Crippen LogP contribution in [0.1, 0.15) is 11.6 Å². The Bertz CT molecular complexity index is 293. The summed E-state index contributed by atoms with van der Waals surface area (Å²) in [5.41, 5.74) is 6.37. The monoisotopic (exact) mass is 263 g/mol. The van der Waals surface area contributed by atoms with Gasteiger partial charge in [0.15, 0.2) is 0 Å². The van der Waals surface area contributed by atoms with Gasteiger partial charge in [-0.3, -0.25) is 0 Å². The standard InChI is InChI=1S/C9H11BrFNS/c1-13-5-9(12)7-4-6(10)2-3-8(7)11/h2-4,9H,5,12H2,1H3. The Kier molecular flexibility index (Phi) is 4.22. The molecule has 72 valence electrons. The molecule has 0 heterocycles. The Labute approximate surface area is 90.0 Å². The molecule has 1 aromatic carbocycles. The molecule has 0 aliphatic heterocycles. The summed E-state index contributed by atoms with van der Waals surface area (Å²) in [4.78, 5) is 0. The molecule has 0 saturated carbocycles. The molecule has 1 nitrogen and oxygen atoms in total. The van der Waals surface area contributed by atoms with Crippen LogP contribution >= 0.6 is 27.7 Å². The fourth-order valence-corrected chi connectivity index (χ4v) is 1.99. The van der Waals surface area contributed by atoms with Crippen LogP contribution in [0.15, 0.2) is 22.7 Å². The number of hydrogen-bond donors (Lipinski definition) is 1. The van der Waals surface area contributed by atoms with Gasteiger partial charge in [0.05, 0.1) is 0 Å². The smallest absolute Gasteiger partial charge is 0.128 e. The summed E-state index contributed by atoms with van der Waals surface area (Å²) in [7, 11) is 0. The number of thioether (sulfide) groups is 1. The van der Waals surface area contributed by atoms with Crippen LogP contribution < -0.4 is 5.73 Å². The SMILES string of the molecule is CSCC(N)c1cc(Br)ccc1F. The van der Waals surface area contributed by atoms with Gasteiger partial charge in [0, 0.05) is 21.8 Å². The van der Waals surface area contributed by atoms with Crippen LogP contribution in [0.5, 0.6) is 0 Å². The summed E-state index contributed by atoms with van der Waals surface area (Å²) < 4.78 is 14.1. The zero-order valence-corrected chi connectivity index (χ0v) is 9.66. The lowest BCUT2D eigenvalue weighted by molar-refractivity contribution is 0.595. The molecule has 0 aromatic heterocycles. The molecule has 0 amide bonds. The second-order valence-electron chi connectivity index (χ2n) is 2.73. The van der Waals surface area contributed by atoms with Crippen molar-refractivity contribution in [2.75, 3.05) is 12.0 Å². The molecule has 1 aromatic rings. The average Bonchev–Trinajstić information content (AvgIpc) is 2.09. The van der Waals surface area contributed by atoms with E-state index in [1.54, 1.807) is 23.9 Å². The lowest BCUT2D eigenvalue weighted by Crippen LogP contribution is -2.14. The highest BCUT2D eigenvalue weighted by Crippen LogP contribution is 2.22. The van der Waals surface area contributed by atoms with E-state index >= 15 is 0 Å². The molecule has 1 atom stereocenters. The van der Waals surface area contributed by atoms with Crippen LogP contribution in [0.4, 0.5) is 4.39 Å². The molecule has 0 spiro atoms. The normalized spacial score (nSPS) is 12.9. The topological polar surface area (TPSA) is 26.0 Å².